The number of rotatable bonds is 5. The number of fused-ring (bicyclic) bond motifs is 1. The van der Waals surface area contributed by atoms with Crippen LogP contribution in [0.15, 0.2) is 42.5 Å². The zero-order chi connectivity index (χ0) is 15.2. The molecule has 5 heteroatoms. The second-order valence-electron chi connectivity index (χ2n) is 4.76. The van der Waals surface area contributed by atoms with E-state index in [9.17, 15) is 13.6 Å². The van der Waals surface area contributed by atoms with Crippen molar-refractivity contribution in [2.24, 2.45) is 0 Å². The highest BCUT2D eigenvalue weighted by Crippen LogP contribution is 2.22. The van der Waals surface area contributed by atoms with Crippen molar-refractivity contribution < 1.29 is 13.6 Å². The minimum absolute atomic E-state index is 0.196. The molecule has 0 saturated carbocycles. The number of aryl methyl sites for hydroxylation is 1. The molecule has 1 aromatic carbocycles. The molecule has 0 fully saturated rings. The Hall–Kier alpha value is -2.30. The number of anilines is 1. The van der Waals surface area contributed by atoms with E-state index < -0.39 is 6.08 Å². The minimum Gasteiger partial charge on any atom is -0.324 e. The van der Waals surface area contributed by atoms with Crippen LogP contribution in [-0.2, 0) is 4.79 Å². The average Bonchev–Trinajstić information content (AvgIpc) is 2.44. The summed E-state index contributed by atoms with van der Waals surface area (Å²) in [6.45, 7) is 1.88. The highest BCUT2D eigenvalue weighted by molar-refractivity contribution is 6.00. The van der Waals surface area contributed by atoms with Crippen molar-refractivity contribution in [3.8, 4) is 0 Å². The SMILES string of the molecule is Cc1ccc2cccc(NC(=O)CCCC=C(F)F)c2n1. The molecule has 0 bridgehead atoms. The molecule has 0 radical (unpaired) electrons. The van der Waals surface area contributed by atoms with E-state index in [4.69, 9.17) is 0 Å². The molecule has 2 rings (SSSR count). The molecule has 0 aliphatic rings. The quantitative estimate of drug-likeness (QED) is 0.827. The molecule has 2 aromatic rings. The van der Waals surface area contributed by atoms with Gasteiger partial charge in [0.25, 0.3) is 6.08 Å². The molecular formula is C16H16F2N2O. The molecule has 0 aliphatic carbocycles. The van der Waals surface area contributed by atoms with Crippen LogP contribution >= 0.6 is 0 Å². The summed E-state index contributed by atoms with van der Waals surface area (Å²) in [6.07, 6.45) is -0.0883. The topological polar surface area (TPSA) is 42.0 Å². The van der Waals surface area contributed by atoms with Crippen LogP contribution < -0.4 is 5.32 Å². The lowest BCUT2D eigenvalue weighted by molar-refractivity contribution is -0.116. The zero-order valence-electron chi connectivity index (χ0n) is 11.7. The van der Waals surface area contributed by atoms with Gasteiger partial charge in [-0.15, -0.1) is 0 Å². The number of para-hydroxylation sites is 1. The number of amides is 1. The van der Waals surface area contributed by atoms with E-state index >= 15 is 0 Å². The number of benzene rings is 1. The lowest BCUT2D eigenvalue weighted by atomic mass is 10.1. The Kier molecular flexibility index (Phi) is 4.98. The van der Waals surface area contributed by atoms with Gasteiger partial charge in [0.05, 0.1) is 11.2 Å². The van der Waals surface area contributed by atoms with Gasteiger partial charge >= 0.3 is 0 Å². The van der Waals surface area contributed by atoms with Crippen LogP contribution in [0.5, 0.6) is 0 Å². The zero-order valence-corrected chi connectivity index (χ0v) is 11.7. The third kappa shape index (κ3) is 4.34. The number of halogens is 2. The molecule has 1 N–H and O–H groups in total. The van der Waals surface area contributed by atoms with Crippen molar-refractivity contribution in [2.75, 3.05) is 5.32 Å². The van der Waals surface area contributed by atoms with Gasteiger partial charge in [-0.1, -0.05) is 18.2 Å². The first kappa shape index (κ1) is 15.1. The Morgan fingerprint density at radius 2 is 2.10 bits per heavy atom. The molecule has 3 nitrogen and oxygen atoms in total. The van der Waals surface area contributed by atoms with Crippen molar-refractivity contribution in [3.05, 3.63) is 48.2 Å². The predicted octanol–water partition coefficient (Wildman–Crippen LogP) is 4.43. The maximum absolute atomic E-state index is 11.9. The second kappa shape index (κ2) is 6.92. The maximum atomic E-state index is 11.9. The molecule has 21 heavy (non-hydrogen) atoms. The molecule has 1 heterocycles. The van der Waals surface area contributed by atoms with Crippen molar-refractivity contribution in [1.29, 1.82) is 0 Å². The normalized spacial score (nSPS) is 10.4. The first-order chi connectivity index (χ1) is 10.1. The van der Waals surface area contributed by atoms with Crippen LogP contribution in [0.4, 0.5) is 14.5 Å². The number of nitrogens with zero attached hydrogens (tertiary/aromatic N) is 1. The van der Waals surface area contributed by atoms with Crippen LogP contribution in [-0.4, -0.2) is 10.9 Å². The van der Waals surface area contributed by atoms with E-state index in [1.54, 1.807) is 6.07 Å². The summed E-state index contributed by atoms with van der Waals surface area (Å²) in [7, 11) is 0. The van der Waals surface area contributed by atoms with Gasteiger partial charge in [-0.3, -0.25) is 9.78 Å². The Balaban J connectivity index is 2.04. The lowest BCUT2D eigenvalue weighted by Crippen LogP contribution is -2.11. The first-order valence-electron chi connectivity index (χ1n) is 6.73. The number of hydrogen-bond donors (Lipinski definition) is 1. The molecule has 0 aliphatic heterocycles. The maximum Gasteiger partial charge on any atom is 0.266 e. The molecule has 0 spiro atoms. The van der Waals surface area contributed by atoms with Crippen LogP contribution in [0.1, 0.15) is 25.0 Å². The molecule has 0 unspecified atom stereocenters. The smallest absolute Gasteiger partial charge is 0.266 e. The van der Waals surface area contributed by atoms with Crippen molar-refractivity contribution >= 4 is 22.5 Å². The largest absolute Gasteiger partial charge is 0.324 e. The summed E-state index contributed by atoms with van der Waals surface area (Å²) in [5, 5.41) is 3.74. The number of unbranched alkanes of at least 4 members (excludes halogenated alkanes) is 1. The number of nitrogens with one attached hydrogen (secondary N) is 1. The van der Waals surface area contributed by atoms with E-state index in [0.717, 1.165) is 22.7 Å². The summed E-state index contributed by atoms with van der Waals surface area (Å²) in [4.78, 5) is 16.3. The molecule has 0 saturated heterocycles. The van der Waals surface area contributed by atoms with Gasteiger partial charge in [-0.25, -0.2) is 0 Å². The van der Waals surface area contributed by atoms with Gasteiger partial charge < -0.3 is 5.32 Å². The number of hydrogen-bond acceptors (Lipinski definition) is 2. The predicted molar refractivity (Wildman–Crippen MR) is 79.3 cm³/mol. The molecule has 1 amide bonds. The summed E-state index contributed by atoms with van der Waals surface area (Å²) < 4.78 is 23.7. The second-order valence-corrected chi connectivity index (χ2v) is 4.76. The molecule has 0 atom stereocenters. The highest BCUT2D eigenvalue weighted by atomic mass is 19.3. The fourth-order valence-corrected chi connectivity index (χ4v) is 2.03. The van der Waals surface area contributed by atoms with Crippen molar-refractivity contribution in [2.45, 2.75) is 26.2 Å². The van der Waals surface area contributed by atoms with Gasteiger partial charge in [0, 0.05) is 17.5 Å². The highest BCUT2D eigenvalue weighted by Gasteiger charge is 2.07. The molecule has 110 valence electrons. The van der Waals surface area contributed by atoms with E-state index in [2.05, 4.69) is 10.3 Å². The van der Waals surface area contributed by atoms with E-state index in [1.165, 1.54) is 0 Å². The summed E-state index contributed by atoms with van der Waals surface area (Å²) in [6, 6.07) is 9.41. The van der Waals surface area contributed by atoms with E-state index in [1.807, 2.05) is 31.2 Å². The van der Waals surface area contributed by atoms with Gasteiger partial charge in [0.2, 0.25) is 5.91 Å². The van der Waals surface area contributed by atoms with Gasteiger partial charge in [-0.05, 0) is 38.0 Å². The molecular weight excluding hydrogens is 274 g/mol. The Morgan fingerprint density at radius 1 is 1.29 bits per heavy atom. The van der Waals surface area contributed by atoms with Crippen molar-refractivity contribution in [1.82, 2.24) is 4.98 Å². The van der Waals surface area contributed by atoms with Gasteiger partial charge in [-0.2, -0.15) is 8.78 Å². The lowest BCUT2D eigenvalue weighted by Gasteiger charge is -2.08. The monoisotopic (exact) mass is 290 g/mol. The fraction of sp³-hybridized carbons (Fsp3) is 0.250. The average molecular weight is 290 g/mol. The number of aromatic nitrogens is 1. The van der Waals surface area contributed by atoms with Gasteiger partial charge in [0.1, 0.15) is 0 Å². The summed E-state index contributed by atoms with van der Waals surface area (Å²) in [5.74, 6) is -0.196. The Bertz CT molecular complexity index is 679. The van der Waals surface area contributed by atoms with Crippen LogP contribution in [0.25, 0.3) is 10.9 Å². The van der Waals surface area contributed by atoms with E-state index in [-0.39, 0.29) is 18.7 Å². The number of allylic oxidation sites excluding steroid dienone is 1. The third-order valence-corrected chi connectivity index (χ3v) is 3.04. The Morgan fingerprint density at radius 3 is 2.86 bits per heavy atom. The third-order valence-electron chi connectivity index (χ3n) is 3.04. The van der Waals surface area contributed by atoms with Crippen LogP contribution in [0.2, 0.25) is 0 Å². The van der Waals surface area contributed by atoms with Crippen LogP contribution in [0.3, 0.4) is 0 Å². The first-order valence-corrected chi connectivity index (χ1v) is 6.73. The molecule has 1 aromatic heterocycles. The van der Waals surface area contributed by atoms with E-state index in [0.29, 0.717) is 12.1 Å². The fourth-order valence-electron chi connectivity index (χ4n) is 2.03. The van der Waals surface area contributed by atoms with Crippen molar-refractivity contribution in [3.63, 3.8) is 0 Å². The summed E-state index contributed by atoms with van der Waals surface area (Å²) in [5.41, 5.74) is 2.25. The number of pyridine rings is 1. The number of carbonyl (C=O) groups is 1. The summed E-state index contributed by atoms with van der Waals surface area (Å²) >= 11 is 0. The van der Waals surface area contributed by atoms with Gasteiger partial charge in [0.15, 0.2) is 0 Å². The minimum atomic E-state index is -1.70. The van der Waals surface area contributed by atoms with Crippen LogP contribution in [0, 0.1) is 6.92 Å². The standard InChI is InChI=1S/C16H16F2N2O/c1-11-9-10-12-5-4-6-13(16(12)19-11)20-15(21)8-3-2-7-14(17)18/h4-7,9-10H,2-3,8H2,1H3,(H,20,21). The Labute approximate surface area is 121 Å². The number of carbonyl (C=O) groups excluding carboxylic acids is 1.